The van der Waals surface area contributed by atoms with Crippen LogP contribution in [0.3, 0.4) is 0 Å². The van der Waals surface area contributed by atoms with E-state index in [2.05, 4.69) is 4.72 Å². The minimum atomic E-state index is -3.77. The molecule has 2 heterocycles. The maximum absolute atomic E-state index is 13.0. The number of carbonyl (C=O) groups is 2. The van der Waals surface area contributed by atoms with E-state index in [-0.39, 0.29) is 34.3 Å². The van der Waals surface area contributed by atoms with E-state index in [9.17, 15) is 18.0 Å². The number of nitrogens with one attached hydrogen (secondary N) is 1. The van der Waals surface area contributed by atoms with Crippen molar-refractivity contribution in [2.75, 3.05) is 27.4 Å². The van der Waals surface area contributed by atoms with Crippen LogP contribution >= 0.6 is 11.6 Å². The molecular formula is C23H25ClN2O7S. The van der Waals surface area contributed by atoms with Gasteiger partial charge in [0.15, 0.2) is 0 Å². The van der Waals surface area contributed by atoms with Crippen molar-refractivity contribution < 1.29 is 31.9 Å². The van der Waals surface area contributed by atoms with E-state index in [1.165, 1.54) is 42.4 Å². The lowest BCUT2D eigenvalue weighted by Crippen LogP contribution is -2.26. The number of esters is 1. The first-order chi connectivity index (χ1) is 16.2. The highest BCUT2D eigenvalue weighted by molar-refractivity contribution is 7.89. The highest BCUT2D eigenvalue weighted by Crippen LogP contribution is 2.32. The number of methoxy groups -OCH3 is 2. The third-order valence-electron chi connectivity index (χ3n) is 5.16. The van der Waals surface area contributed by atoms with Gasteiger partial charge in [0.1, 0.15) is 11.5 Å². The minimum Gasteiger partial charge on any atom is -0.465 e. The summed E-state index contributed by atoms with van der Waals surface area (Å²) in [5.41, 5.74) is 0.789. The van der Waals surface area contributed by atoms with Gasteiger partial charge in [-0.05, 0) is 55.8 Å². The summed E-state index contributed by atoms with van der Waals surface area (Å²) in [4.78, 5) is 27.0. The predicted molar refractivity (Wildman–Crippen MR) is 125 cm³/mol. The molecular weight excluding hydrogens is 484 g/mol. The van der Waals surface area contributed by atoms with Crippen molar-refractivity contribution >= 4 is 39.6 Å². The molecule has 0 spiro atoms. The molecule has 0 saturated heterocycles. The number of allylic oxidation sites excluding steroid dienone is 1. The maximum Gasteiger partial charge on any atom is 0.340 e. The van der Waals surface area contributed by atoms with Gasteiger partial charge in [0.2, 0.25) is 10.0 Å². The summed E-state index contributed by atoms with van der Waals surface area (Å²) < 4.78 is 43.0. The molecule has 1 aromatic heterocycles. The summed E-state index contributed by atoms with van der Waals surface area (Å²) in [5.74, 6) is -0.367. The van der Waals surface area contributed by atoms with Crippen LogP contribution in [0.5, 0.6) is 0 Å². The molecule has 1 aromatic carbocycles. The van der Waals surface area contributed by atoms with E-state index in [0.717, 1.165) is 0 Å². The van der Waals surface area contributed by atoms with Gasteiger partial charge in [-0.3, -0.25) is 4.79 Å². The van der Waals surface area contributed by atoms with Crippen molar-refractivity contribution in [2.45, 2.75) is 24.8 Å². The van der Waals surface area contributed by atoms with Crippen molar-refractivity contribution in [3.8, 4) is 0 Å². The van der Waals surface area contributed by atoms with Crippen LogP contribution in [-0.4, -0.2) is 52.6 Å². The predicted octanol–water partition coefficient (Wildman–Crippen LogP) is 3.12. The van der Waals surface area contributed by atoms with Gasteiger partial charge in [0.05, 0.1) is 29.7 Å². The lowest BCUT2D eigenvalue weighted by atomic mass is 10.1. The highest BCUT2D eigenvalue weighted by atomic mass is 35.5. The van der Waals surface area contributed by atoms with Gasteiger partial charge in [0.25, 0.3) is 5.91 Å². The van der Waals surface area contributed by atoms with E-state index in [0.29, 0.717) is 36.1 Å². The van der Waals surface area contributed by atoms with Gasteiger partial charge >= 0.3 is 5.97 Å². The second-order valence-corrected chi connectivity index (χ2v) is 9.60. The van der Waals surface area contributed by atoms with Crippen LogP contribution in [-0.2, 0) is 35.6 Å². The molecule has 0 atom stereocenters. The van der Waals surface area contributed by atoms with Crippen molar-refractivity contribution in [2.24, 2.45) is 0 Å². The normalized spacial score (nSPS) is 15.5. The summed E-state index contributed by atoms with van der Waals surface area (Å²) in [6.45, 7) is 2.42. The molecule has 0 saturated carbocycles. The zero-order valence-electron chi connectivity index (χ0n) is 19.0. The molecule has 0 radical (unpaired) electrons. The molecule has 1 N–H and O–H groups in total. The fourth-order valence-electron chi connectivity index (χ4n) is 3.44. The lowest BCUT2D eigenvalue weighted by molar-refractivity contribution is -0.136. The monoisotopic (exact) mass is 508 g/mol. The second-order valence-electron chi connectivity index (χ2n) is 7.40. The van der Waals surface area contributed by atoms with Crippen molar-refractivity contribution in [3.63, 3.8) is 0 Å². The van der Waals surface area contributed by atoms with Crippen LogP contribution in [0, 0.1) is 0 Å². The Kier molecular flexibility index (Phi) is 8.32. The van der Waals surface area contributed by atoms with Crippen LogP contribution in [0.2, 0.25) is 5.02 Å². The van der Waals surface area contributed by atoms with Gasteiger partial charge < -0.3 is 18.8 Å². The van der Waals surface area contributed by atoms with Crippen LogP contribution in [0.15, 0.2) is 62.6 Å². The zero-order chi connectivity index (χ0) is 24.9. The highest BCUT2D eigenvalue weighted by Gasteiger charge is 2.36. The molecule has 0 aliphatic carbocycles. The van der Waals surface area contributed by atoms with E-state index in [1.807, 2.05) is 0 Å². The average Bonchev–Trinajstić information content (AvgIpc) is 3.35. The van der Waals surface area contributed by atoms with E-state index < -0.39 is 16.0 Å². The summed E-state index contributed by atoms with van der Waals surface area (Å²) >= 11 is 5.81. The van der Waals surface area contributed by atoms with E-state index in [4.69, 9.17) is 25.5 Å². The van der Waals surface area contributed by atoms with Gasteiger partial charge in [-0.1, -0.05) is 11.6 Å². The molecule has 182 valence electrons. The molecule has 9 nitrogen and oxygen atoms in total. The van der Waals surface area contributed by atoms with Crippen LogP contribution in [0.1, 0.15) is 24.9 Å². The Labute approximate surface area is 203 Å². The molecule has 0 bridgehead atoms. The number of hydrogen-bond acceptors (Lipinski definition) is 7. The summed E-state index contributed by atoms with van der Waals surface area (Å²) in [7, 11) is -0.951. The summed E-state index contributed by atoms with van der Waals surface area (Å²) in [5, 5.41) is 0.428. The first-order valence-corrected chi connectivity index (χ1v) is 12.2. The number of hydrogen-bond donors (Lipinski definition) is 1. The molecule has 1 aliphatic rings. The first-order valence-electron chi connectivity index (χ1n) is 10.3. The van der Waals surface area contributed by atoms with Gasteiger partial charge in [-0.2, -0.15) is 0 Å². The Hall–Kier alpha value is -2.92. The largest absolute Gasteiger partial charge is 0.465 e. The molecule has 2 aromatic rings. The summed E-state index contributed by atoms with van der Waals surface area (Å²) in [6.07, 6.45) is 2.05. The first kappa shape index (κ1) is 25.7. The van der Waals surface area contributed by atoms with E-state index >= 15 is 0 Å². The van der Waals surface area contributed by atoms with Crippen LogP contribution in [0.25, 0.3) is 6.08 Å². The number of sulfonamides is 1. The van der Waals surface area contributed by atoms with Gasteiger partial charge in [0, 0.05) is 31.0 Å². The number of halogens is 1. The summed E-state index contributed by atoms with van der Waals surface area (Å²) in [6, 6.07) is 8.94. The molecule has 1 aliphatic heterocycles. The Morgan fingerprint density at radius 1 is 1.18 bits per heavy atom. The van der Waals surface area contributed by atoms with Crippen molar-refractivity contribution in [1.82, 2.24) is 9.62 Å². The Morgan fingerprint density at radius 3 is 2.53 bits per heavy atom. The van der Waals surface area contributed by atoms with Crippen molar-refractivity contribution in [1.29, 1.82) is 0 Å². The number of furan rings is 1. The van der Waals surface area contributed by atoms with Gasteiger partial charge in [-0.15, -0.1) is 0 Å². The fourth-order valence-corrected chi connectivity index (χ4v) is 4.56. The third kappa shape index (κ3) is 5.76. The van der Waals surface area contributed by atoms with Gasteiger partial charge in [-0.25, -0.2) is 17.9 Å². The molecule has 0 unspecified atom stereocenters. The topological polar surface area (TPSA) is 115 Å². The van der Waals surface area contributed by atoms with Crippen LogP contribution < -0.4 is 4.72 Å². The SMILES string of the molecule is COCCCN1C(=O)/C(=C\c2ccc(CNS(=O)(=O)c3ccc(Cl)cc3)o2)C(C(=O)OC)=C1C. The van der Waals surface area contributed by atoms with E-state index in [1.54, 1.807) is 26.2 Å². The number of nitrogens with zero attached hydrogens (tertiary/aromatic N) is 1. The average molecular weight is 509 g/mol. The smallest absolute Gasteiger partial charge is 0.340 e. The van der Waals surface area contributed by atoms with Crippen molar-refractivity contribution in [3.05, 3.63) is 69.8 Å². The standard InChI is InChI=1S/C23H25ClN2O7S/c1-15-21(23(28)32-3)20(22(27)26(15)11-4-12-31-2)13-17-7-8-18(33-17)14-25-34(29,30)19-9-5-16(24)6-10-19/h5-10,13,25H,4,11-12,14H2,1-3H3/b20-13-. The quantitative estimate of drug-likeness (QED) is 0.298. The number of benzene rings is 1. The molecule has 11 heteroatoms. The molecule has 0 fully saturated rings. The zero-order valence-corrected chi connectivity index (χ0v) is 20.5. The second kappa shape index (κ2) is 11.0. The Balaban J connectivity index is 1.79. The maximum atomic E-state index is 13.0. The minimum absolute atomic E-state index is 0.0687. The number of rotatable bonds is 10. The molecule has 34 heavy (non-hydrogen) atoms. The number of amides is 1. The molecule has 3 rings (SSSR count). The number of ether oxygens (including phenoxy) is 2. The Bertz CT molecular complexity index is 1230. The van der Waals surface area contributed by atoms with Crippen LogP contribution in [0.4, 0.5) is 0 Å². The third-order valence-corrected chi connectivity index (χ3v) is 6.83. The lowest BCUT2D eigenvalue weighted by Gasteiger charge is -2.17. The number of carbonyl (C=O) groups excluding carboxylic acids is 2. The fraction of sp³-hybridized carbons (Fsp3) is 0.304. The molecule has 1 amide bonds. The Morgan fingerprint density at radius 2 is 1.88 bits per heavy atom.